The third-order valence-electron chi connectivity index (χ3n) is 12.4. The number of phenols is 1. The van der Waals surface area contributed by atoms with Gasteiger partial charge in [0.05, 0.1) is 0 Å². The van der Waals surface area contributed by atoms with E-state index in [2.05, 4.69) is 210 Å². The van der Waals surface area contributed by atoms with Crippen LogP contribution in [0.4, 0.5) is 0 Å². The Balaban J connectivity index is 1.49. The standard InChI is InChI=1S/C57H64N4OSe/c1-53(2,3)37-24-25-45(41(29-37)34-20-17-16-18-21-34)61-46-23-19-22-40(48(46)60-52(61)42-30-39(55(7,8)9)31-43(50(42)62)56(10,11)12)35-26-36(28-38(27-35)54(4,5)6)47-51-49(59-33-58-47)44(32-63-51)57(13,14)15/h16-33,62H,1-15H3. The number of aromatic nitrogens is 4. The number of nitrogens with zero attached hydrogens (tertiary/aromatic N) is 4. The minimum atomic E-state index is -0.318. The summed E-state index contributed by atoms with van der Waals surface area (Å²) in [5.41, 5.74) is 16.2. The fraction of sp³-hybridized carbons (Fsp3) is 0.351. The number of imidazole rings is 1. The Kier molecular flexibility index (Phi) is 10.9. The molecule has 8 rings (SSSR count). The van der Waals surface area contributed by atoms with E-state index in [0.29, 0.717) is 5.82 Å². The molecule has 0 aliphatic carbocycles. The fourth-order valence-corrected chi connectivity index (χ4v) is 11.2. The van der Waals surface area contributed by atoms with Crippen LogP contribution in [0, 0.1) is 0 Å². The molecular weight excluding hydrogens is 836 g/mol. The summed E-state index contributed by atoms with van der Waals surface area (Å²) < 4.78 is 3.54. The van der Waals surface area contributed by atoms with Gasteiger partial charge >= 0.3 is 263 Å². The van der Waals surface area contributed by atoms with Crippen LogP contribution in [-0.2, 0) is 27.1 Å². The van der Waals surface area contributed by atoms with Crippen LogP contribution in [0.5, 0.6) is 5.75 Å². The van der Waals surface area contributed by atoms with Gasteiger partial charge in [0, 0.05) is 0 Å². The summed E-state index contributed by atoms with van der Waals surface area (Å²) in [6, 6.07) is 35.4. The molecule has 0 radical (unpaired) electrons. The predicted octanol–water partition coefficient (Wildman–Crippen LogP) is 14.9. The monoisotopic (exact) mass is 900 g/mol. The molecule has 0 aliphatic heterocycles. The Morgan fingerprint density at radius 1 is 0.492 bits per heavy atom. The van der Waals surface area contributed by atoms with Crippen LogP contribution in [0.1, 0.15) is 132 Å². The number of rotatable bonds is 5. The van der Waals surface area contributed by atoms with Gasteiger partial charge in [-0.05, 0) is 21.8 Å². The number of aromatic hydroxyl groups is 1. The molecule has 0 amide bonds. The fourth-order valence-electron chi connectivity index (χ4n) is 8.55. The number of phenolic OH excluding ortho intramolecular Hbond substituents is 1. The number of para-hydroxylation sites is 1. The molecular formula is C57H64N4OSe. The molecule has 0 aliphatic rings. The molecule has 3 aromatic heterocycles. The van der Waals surface area contributed by atoms with E-state index in [0.717, 1.165) is 72.4 Å². The normalized spacial score (nSPS) is 13.1. The molecule has 0 saturated heterocycles. The summed E-state index contributed by atoms with van der Waals surface area (Å²) in [7, 11) is 0. The van der Waals surface area contributed by atoms with E-state index in [9.17, 15) is 5.11 Å². The van der Waals surface area contributed by atoms with Gasteiger partial charge in [-0.1, -0.05) is 98.7 Å². The first-order valence-electron chi connectivity index (χ1n) is 22.3. The zero-order valence-corrected chi connectivity index (χ0v) is 41.7. The van der Waals surface area contributed by atoms with Crippen LogP contribution in [-0.4, -0.2) is 39.1 Å². The molecule has 63 heavy (non-hydrogen) atoms. The van der Waals surface area contributed by atoms with E-state index in [1.807, 2.05) is 0 Å². The topological polar surface area (TPSA) is 63.8 Å². The first-order chi connectivity index (χ1) is 29.3. The zero-order valence-electron chi connectivity index (χ0n) is 40.0. The maximum absolute atomic E-state index is 12.6. The molecule has 1 N–H and O–H groups in total. The predicted molar refractivity (Wildman–Crippen MR) is 268 cm³/mol. The zero-order chi connectivity index (χ0) is 45.6. The summed E-state index contributed by atoms with van der Waals surface area (Å²) in [5.74, 6) is 0.970. The second-order valence-electron chi connectivity index (χ2n) is 22.6. The molecule has 0 bridgehead atoms. The van der Waals surface area contributed by atoms with Gasteiger partial charge in [0.2, 0.25) is 0 Å². The van der Waals surface area contributed by atoms with Gasteiger partial charge in [-0.2, -0.15) is 0 Å². The van der Waals surface area contributed by atoms with Crippen molar-refractivity contribution in [3.8, 4) is 56.3 Å². The minimum absolute atomic E-state index is 0.00879. The number of hydrogen-bond donors (Lipinski definition) is 1. The third-order valence-corrected chi connectivity index (χ3v) is 14.5. The van der Waals surface area contributed by atoms with E-state index in [-0.39, 0.29) is 47.3 Å². The molecule has 0 saturated carbocycles. The van der Waals surface area contributed by atoms with Crippen molar-refractivity contribution in [3.05, 3.63) is 136 Å². The van der Waals surface area contributed by atoms with Crippen molar-refractivity contribution in [3.63, 3.8) is 0 Å². The van der Waals surface area contributed by atoms with Crippen molar-refractivity contribution in [1.82, 2.24) is 19.5 Å². The second-order valence-corrected chi connectivity index (χ2v) is 24.4. The summed E-state index contributed by atoms with van der Waals surface area (Å²) in [6.45, 7) is 33.7. The number of hydrogen-bond acceptors (Lipinski definition) is 4. The van der Waals surface area contributed by atoms with Crippen molar-refractivity contribution < 1.29 is 5.11 Å². The van der Waals surface area contributed by atoms with Crippen LogP contribution in [0.15, 0.2) is 108 Å². The SMILES string of the molecule is CC(C)(C)c1cc(-c2cccc3c2nc(-c2cc(C(C)(C)C)cc(C(C)(C)C)c2O)n3-c2ccc(C(C)(C)C)cc2-c2ccccc2)cc(-c2ncnc3c(C(C)(C)C)c[se]c23)c1. The Morgan fingerprint density at radius 3 is 1.75 bits per heavy atom. The van der Waals surface area contributed by atoms with E-state index in [1.54, 1.807) is 6.33 Å². The maximum atomic E-state index is 12.6. The third kappa shape index (κ3) is 8.33. The number of benzene rings is 5. The van der Waals surface area contributed by atoms with E-state index in [1.165, 1.54) is 21.0 Å². The Morgan fingerprint density at radius 2 is 1.11 bits per heavy atom. The first kappa shape index (κ1) is 44.3. The van der Waals surface area contributed by atoms with Crippen LogP contribution in [0.2, 0.25) is 0 Å². The van der Waals surface area contributed by atoms with Crippen LogP contribution >= 0.6 is 0 Å². The Labute approximate surface area is 381 Å². The van der Waals surface area contributed by atoms with E-state index >= 15 is 0 Å². The quantitative estimate of drug-likeness (QED) is 0.175. The molecule has 3 heterocycles. The van der Waals surface area contributed by atoms with Crippen molar-refractivity contribution in [2.45, 2.75) is 131 Å². The van der Waals surface area contributed by atoms with Crippen molar-refractivity contribution in [2.75, 3.05) is 0 Å². The van der Waals surface area contributed by atoms with Crippen LogP contribution in [0.25, 0.3) is 71.4 Å². The number of fused-ring (bicyclic) bond motifs is 2. The molecule has 0 unspecified atom stereocenters. The molecule has 8 aromatic rings. The first-order valence-corrected chi connectivity index (χ1v) is 24.2. The molecule has 324 valence electrons. The van der Waals surface area contributed by atoms with Crippen LogP contribution < -0.4 is 0 Å². The van der Waals surface area contributed by atoms with Crippen LogP contribution in [0.3, 0.4) is 0 Å². The van der Waals surface area contributed by atoms with Gasteiger partial charge in [0.25, 0.3) is 0 Å². The Bertz CT molecular complexity index is 3020. The average Bonchev–Trinajstić information content (AvgIpc) is 3.82. The van der Waals surface area contributed by atoms with Gasteiger partial charge in [0.15, 0.2) is 0 Å². The van der Waals surface area contributed by atoms with E-state index in [4.69, 9.17) is 15.0 Å². The Hall–Kier alpha value is -5.29. The summed E-state index contributed by atoms with van der Waals surface area (Å²) in [5, 5.41) is 12.6. The molecule has 6 heteroatoms. The van der Waals surface area contributed by atoms with Gasteiger partial charge in [-0.3, -0.25) is 0 Å². The molecule has 5 nitrogen and oxygen atoms in total. The summed E-state index contributed by atoms with van der Waals surface area (Å²) >= 11 is 0.120. The molecule has 0 spiro atoms. The summed E-state index contributed by atoms with van der Waals surface area (Å²) in [6.07, 6.45) is 1.74. The van der Waals surface area contributed by atoms with Gasteiger partial charge in [0.1, 0.15) is 0 Å². The molecule has 0 atom stereocenters. The molecule has 0 fully saturated rings. The van der Waals surface area contributed by atoms with Crippen molar-refractivity contribution in [1.29, 1.82) is 0 Å². The molecule has 5 aromatic carbocycles. The second kappa shape index (κ2) is 15.5. The van der Waals surface area contributed by atoms with E-state index < -0.39 is 0 Å². The van der Waals surface area contributed by atoms with Gasteiger partial charge in [-0.15, -0.1) is 0 Å². The van der Waals surface area contributed by atoms with Gasteiger partial charge in [-0.25, -0.2) is 0 Å². The van der Waals surface area contributed by atoms with Crippen molar-refractivity contribution in [2.24, 2.45) is 0 Å². The average molecular weight is 900 g/mol. The van der Waals surface area contributed by atoms with Gasteiger partial charge < -0.3 is 0 Å². The van der Waals surface area contributed by atoms with Crippen molar-refractivity contribution >= 4 is 35.3 Å². The summed E-state index contributed by atoms with van der Waals surface area (Å²) in [4.78, 5) is 18.0.